The summed E-state index contributed by atoms with van der Waals surface area (Å²) in [5.41, 5.74) is 1.59. The molecule has 1 saturated heterocycles. The van der Waals surface area contributed by atoms with Crippen LogP contribution in [0, 0.1) is 10.1 Å². The number of rotatable bonds is 7. The van der Waals surface area contributed by atoms with Crippen LogP contribution >= 0.6 is 0 Å². The van der Waals surface area contributed by atoms with Crippen molar-refractivity contribution in [3.8, 4) is 11.3 Å². The van der Waals surface area contributed by atoms with E-state index in [1.54, 1.807) is 43.3 Å². The first kappa shape index (κ1) is 23.0. The smallest absolute Gasteiger partial charge is 0.338 e. The molecule has 1 aromatic heterocycles. The van der Waals surface area contributed by atoms with Crippen LogP contribution in [-0.4, -0.2) is 49.7 Å². The Morgan fingerprint density at radius 2 is 1.88 bits per heavy atom. The molecule has 0 aliphatic carbocycles. The van der Waals surface area contributed by atoms with Crippen LogP contribution in [0.2, 0.25) is 0 Å². The Hall–Kier alpha value is -4.18. The van der Waals surface area contributed by atoms with Crippen molar-refractivity contribution in [2.45, 2.75) is 6.92 Å². The number of esters is 1. The minimum atomic E-state index is -0.555. The number of amides is 1. The number of ether oxygens (including phenoxy) is 2. The van der Waals surface area contributed by atoms with Gasteiger partial charge in [-0.05, 0) is 43.3 Å². The van der Waals surface area contributed by atoms with Crippen LogP contribution in [-0.2, 0) is 9.47 Å². The van der Waals surface area contributed by atoms with Gasteiger partial charge >= 0.3 is 5.97 Å². The Morgan fingerprint density at radius 1 is 1.12 bits per heavy atom. The summed E-state index contributed by atoms with van der Waals surface area (Å²) in [7, 11) is 0. The zero-order valence-corrected chi connectivity index (χ0v) is 18.5. The van der Waals surface area contributed by atoms with E-state index < -0.39 is 16.8 Å². The summed E-state index contributed by atoms with van der Waals surface area (Å²) in [6, 6.07) is 14.1. The van der Waals surface area contributed by atoms with Crippen molar-refractivity contribution in [2.75, 3.05) is 43.1 Å². The predicted octanol–water partition coefficient (Wildman–Crippen LogP) is 4.12. The van der Waals surface area contributed by atoms with E-state index in [-0.39, 0.29) is 29.4 Å². The van der Waals surface area contributed by atoms with Gasteiger partial charge in [0.15, 0.2) is 5.76 Å². The molecule has 2 heterocycles. The van der Waals surface area contributed by atoms with Gasteiger partial charge in [0.25, 0.3) is 11.6 Å². The first-order valence-corrected chi connectivity index (χ1v) is 10.8. The zero-order valence-electron chi connectivity index (χ0n) is 18.5. The highest BCUT2D eigenvalue weighted by atomic mass is 16.6. The van der Waals surface area contributed by atoms with Crippen molar-refractivity contribution in [1.82, 2.24) is 0 Å². The number of anilines is 2. The van der Waals surface area contributed by atoms with Crippen molar-refractivity contribution in [2.24, 2.45) is 0 Å². The topological polar surface area (TPSA) is 124 Å². The van der Waals surface area contributed by atoms with Crippen LogP contribution in [0.3, 0.4) is 0 Å². The summed E-state index contributed by atoms with van der Waals surface area (Å²) < 4.78 is 16.1. The second-order valence-electron chi connectivity index (χ2n) is 7.44. The largest absolute Gasteiger partial charge is 0.462 e. The lowest BCUT2D eigenvalue weighted by Crippen LogP contribution is -2.36. The van der Waals surface area contributed by atoms with Crippen molar-refractivity contribution >= 4 is 28.9 Å². The van der Waals surface area contributed by atoms with Crippen LogP contribution in [0.5, 0.6) is 0 Å². The van der Waals surface area contributed by atoms with E-state index in [9.17, 15) is 19.7 Å². The number of para-hydroxylation sites is 1. The standard InChI is InChI=1S/C24H23N3O7/c1-2-33-24(29)16-7-8-20(26-11-13-32-14-12-26)18(15-16)25-23(28)22-10-9-21(34-22)17-5-3-4-6-19(17)27(30)31/h3-10,15H,2,11-14H2,1H3,(H,25,28). The van der Waals surface area contributed by atoms with E-state index >= 15 is 0 Å². The van der Waals surface area contributed by atoms with E-state index in [4.69, 9.17) is 13.9 Å². The maximum atomic E-state index is 13.0. The van der Waals surface area contributed by atoms with Gasteiger partial charge in [-0.1, -0.05) is 12.1 Å². The van der Waals surface area contributed by atoms with Crippen LogP contribution in [0.1, 0.15) is 27.8 Å². The normalized spacial score (nSPS) is 13.4. The van der Waals surface area contributed by atoms with Gasteiger partial charge in [0.1, 0.15) is 5.76 Å². The molecule has 0 saturated carbocycles. The maximum absolute atomic E-state index is 13.0. The molecule has 0 atom stereocenters. The molecule has 34 heavy (non-hydrogen) atoms. The summed E-state index contributed by atoms with van der Waals surface area (Å²) in [4.78, 5) is 38.1. The van der Waals surface area contributed by atoms with Gasteiger partial charge in [0.2, 0.25) is 0 Å². The number of benzene rings is 2. The number of nitrogens with zero attached hydrogens (tertiary/aromatic N) is 2. The summed E-state index contributed by atoms with van der Waals surface area (Å²) >= 11 is 0. The summed E-state index contributed by atoms with van der Waals surface area (Å²) in [6.07, 6.45) is 0. The number of furan rings is 1. The molecule has 10 nitrogen and oxygen atoms in total. The van der Waals surface area contributed by atoms with Gasteiger partial charge in [-0.3, -0.25) is 14.9 Å². The van der Waals surface area contributed by atoms with Gasteiger partial charge in [0.05, 0.1) is 47.2 Å². The zero-order chi connectivity index (χ0) is 24.1. The molecular weight excluding hydrogens is 442 g/mol. The molecule has 0 spiro atoms. The van der Waals surface area contributed by atoms with E-state index in [1.165, 1.54) is 18.2 Å². The lowest BCUT2D eigenvalue weighted by atomic mass is 10.1. The number of carbonyl (C=O) groups is 2. The van der Waals surface area contributed by atoms with Gasteiger partial charge in [0, 0.05) is 19.2 Å². The van der Waals surface area contributed by atoms with Gasteiger partial charge in [-0.25, -0.2) is 4.79 Å². The number of hydrogen-bond donors (Lipinski definition) is 1. The fourth-order valence-electron chi connectivity index (χ4n) is 3.69. The average Bonchev–Trinajstić information content (AvgIpc) is 3.35. The molecule has 0 unspecified atom stereocenters. The number of hydrogen-bond acceptors (Lipinski definition) is 8. The highest BCUT2D eigenvalue weighted by molar-refractivity contribution is 6.05. The predicted molar refractivity (Wildman–Crippen MR) is 124 cm³/mol. The van der Waals surface area contributed by atoms with E-state index in [0.29, 0.717) is 37.6 Å². The van der Waals surface area contributed by atoms with Gasteiger partial charge in [-0.2, -0.15) is 0 Å². The molecule has 4 rings (SSSR count). The fraction of sp³-hybridized carbons (Fsp3) is 0.250. The Morgan fingerprint density at radius 3 is 2.62 bits per heavy atom. The van der Waals surface area contributed by atoms with Crippen LogP contribution in [0.15, 0.2) is 59.0 Å². The molecule has 0 radical (unpaired) electrons. The third-order valence-electron chi connectivity index (χ3n) is 5.30. The average molecular weight is 465 g/mol. The molecule has 1 fully saturated rings. The molecule has 10 heteroatoms. The van der Waals surface area contributed by atoms with Crippen molar-refractivity contribution < 1.29 is 28.4 Å². The van der Waals surface area contributed by atoms with Crippen LogP contribution in [0.25, 0.3) is 11.3 Å². The Kier molecular flexibility index (Phi) is 6.88. The maximum Gasteiger partial charge on any atom is 0.338 e. The van der Waals surface area contributed by atoms with Crippen LogP contribution < -0.4 is 10.2 Å². The minimum Gasteiger partial charge on any atom is -0.462 e. The number of carbonyl (C=O) groups excluding carboxylic acids is 2. The van der Waals surface area contributed by atoms with E-state index in [2.05, 4.69) is 10.2 Å². The highest BCUT2D eigenvalue weighted by Gasteiger charge is 2.22. The lowest BCUT2D eigenvalue weighted by molar-refractivity contribution is -0.384. The molecular formula is C24H23N3O7. The third-order valence-corrected chi connectivity index (χ3v) is 5.30. The molecule has 2 aromatic carbocycles. The molecule has 1 N–H and O–H groups in total. The molecule has 1 aliphatic heterocycles. The van der Waals surface area contributed by atoms with Crippen molar-refractivity contribution in [3.05, 3.63) is 76.0 Å². The minimum absolute atomic E-state index is 0.0254. The molecule has 1 aliphatic rings. The summed E-state index contributed by atoms with van der Waals surface area (Å²) in [5, 5.41) is 14.1. The van der Waals surface area contributed by atoms with Gasteiger partial charge in [-0.15, -0.1) is 0 Å². The number of nitro benzene ring substituents is 1. The lowest BCUT2D eigenvalue weighted by Gasteiger charge is -2.30. The van der Waals surface area contributed by atoms with E-state index in [0.717, 1.165) is 5.69 Å². The van der Waals surface area contributed by atoms with E-state index in [1.807, 2.05) is 0 Å². The van der Waals surface area contributed by atoms with Gasteiger partial charge < -0.3 is 24.1 Å². The quantitative estimate of drug-likeness (QED) is 0.314. The monoisotopic (exact) mass is 465 g/mol. The number of nitrogens with one attached hydrogen (secondary N) is 1. The van der Waals surface area contributed by atoms with Crippen LogP contribution in [0.4, 0.5) is 17.1 Å². The second kappa shape index (κ2) is 10.2. The molecule has 0 bridgehead atoms. The number of morpholine rings is 1. The molecule has 176 valence electrons. The third kappa shape index (κ3) is 4.91. The molecule has 1 amide bonds. The number of nitro groups is 1. The Bertz CT molecular complexity index is 1210. The second-order valence-corrected chi connectivity index (χ2v) is 7.44. The Balaban J connectivity index is 1.63. The summed E-state index contributed by atoms with van der Waals surface area (Å²) in [6.45, 7) is 4.30. The first-order valence-electron chi connectivity index (χ1n) is 10.8. The molecule has 3 aromatic rings. The Labute approximate surface area is 195 Å². The van der Waals surface area contributed by atoms with Crippen molar-refractivity contribution in [3.63, 3.8) is 0 Å². The highest BCUT2D eigenvalue weighted by Crippen LogP contribution is 2.32. The SMILES string of the molecule is CCOC(=O)c1ccc(N2CCOCC2)c(NC(=O)c2ccc(-c3ccccc3[N+](=O)[O-])o2)c1. The summed E-state index contributed by atoms with van der Waals surface area (Å²) in [5.74, 6) is -0.878. The van der Waals surface area contributed by atoms with Crippen molar-refractivity contribution in [1.29, 1.82) is 0 Å². The first-order chi connectivity index (χ1) is 16.5. The fourth-order valence-corrected chi connectivity index (χ4v) is 3.69.